The Kier molecular flexibility index (Phi) is 5.07. The van der Waals surface area contributed by atoms with Crippen molar-refractivity contribution in [3.05, 3.63) is 23.0 Å². The van der Waals surface area contributed by atoms with Crippen molar-refractivity contribution < 1.29 is 10.2 Å². The van der Waals surface area contributed by atoms with Gasteiger partial charge in [-0.2, -0.15) is 11.8 Å². The largest absolute Gasteiger partial charge is 0.506 e. The summed E-state index contributed by atoms with van der Waals surface area (Å²) in [6.45, 7) is 2.28. The molecule has 3 N–H and O–H groups in total. The van der Waals surface area contributed by atoms with E-state index in [-0.39, 0.29) is 12.4 Å². The number of rotatable bonds is 5. The summed E-state index contributed by atoms with van der Waals surface area (Å²) in [6, 6.07) is 0.495. The van der Waals surface area contributed by atoms with Crippen LogP contribution >= 0.6 is 11.8 Å². The van der Waals surface area contributed by atoms with Gasteiger partial charge in [0.2, 0.25) is 0 Å². The summed E-state index contributed by atoms with van der Waals surface area (Å²) in [4.78, 5) is 4.08. The van der Waals surface area contributed by atoms with Crippen molar-refractivity contribution in [1.82, 2.24) is 10.3 Å². The Bertz CT molecular complexity index is 440. The molecule has 4 nitrogen and oxygen atoms in total. The lowest BCUT2D eigenvalue weighted by Gasteiger charge is -2.20. The zero-order valence-electron chi connectivity index (χ0n) is 11.5. The van der Waals surface area contributed by atoms with Crippen molar-refractivity contribution in [1.29, 1.82) is 0 Å². The van der Waals surface area contributed by atoms with E-state index in [0.29, 0.717) is 29.1 Å². The Morgan fingerprint density at radius 3 is 2.95 bits per heavy atom. The van der Waals surface area contributed by atoms with E-state index in [2.05, 4.69) is 16.6 Å². The van der Waals surface area contributed by atoms with Gasteiger partial charge in [0, 0.05) is 35.2 Å². The van der Waals surface area contributed by atoms with Gasteiger partial charge in [0.1, 0.15) is 5.75 Å². The molecule has 2 atom stereocenters. The highest BCUT2D eigenvalue weighted by Crippen LogP contribution is 2.30. The fraction of sp³-hybridized carbons (Fsp3) is 0.643. The fourth-order valence-electron chi connectivity index (χ4n) is 2.69. The molecule has 19 heavy (non-hydrogen) atoms. The SMILES string of the molecule is CSC1CCCC1NCc1c(CO)cnc(C)c1O. The maximum Gasteiger partial charge on any atom is 0.141 e. The van der Waals surface area contributed by atoms with Crippen LogP contribution in [0.1, 0.15) is 36.1 Å². The molecule has 1 fully saturated rings. The Morgan fingerprint density at radius 1 is 1.47 bits per heavy atom. The molecule has 0 amide bonds. The van der Waals surface area contributed by atoms with Gasteiger partial charge < -0.3 is 15.5 Å². The summed E-state index contributed by atoms with van der Waals surface area (Å²) in [5.41, 5.74) is 2.10. The monoisotopic (exact) mass is 282 g/mol. The number of pyridine rings is 1. The van der Waals surface area contributed by atoms with Crippen LogP contribution in [0.3, 0.4) is 0 Å². The number of thioether (sulfide) groups is 1. The molecule has 0 aromatic carbocycles. The molecular formula is C14H22N2O2S. The first kappa shape index (κ1) is 14.6. The lowest BCUT2D eigenvalue weighted by atomic mass is 10.1. The zero-order chi connectivity index (χ0) is 13.8. The van der Waals surface area contributed by atoms with Gasteiger partial charge in [-0.3, -0.25) is 4.98 Å². The molecule has 0 spiro atoms. The molecule has 0 saturated heterocycles. The van der Waals surface area contributed by atoms with E-state index in [1.165, 1.54) is 19.3 Å². The molecule has 1 saturated carbocycles. The van der Waals surface area contributed by atoms with Crippen LogP contribution < -0.4 is 5.32 Å². The van der Waals surface area contributed by atoms with Gasteiger partial charge in [-0.15, -0.1) is 0 Å². The van der Waals surface area contributed by atoms with Gasteiger partial charge in [0.15, 0.2) is 0 Å². The second kappa shape index (κ2) is 6.59. The number of aromatic hydroxyl groups is 1. The van der Waals surface area contributed by atoms with Crippen LogP contribution in [0.2, 0.25) is 0 Å². The average molecular weight is 282 g/mol. The molecule has 1 aromatic rings. The summed E-state index contributed by atoms with van der Waals surface area (Å²) in [7, 11) is 0. The van der Waals surface area contributed by atoms with Crippen LogP contribution in [0.25, 0.3) is 0 Å². The van der Waals surface area contributed by atoms with E-state index in [4.69, 9.17) is 0 Å². The van der Waals surface area contributed by atoms with Gasteiger partial charge in [-0.1, -0.05) is 6.42 Å². The fourth-order valence-corrected chi connectivity index (χ4v) is 3.66. The second-order valence-electron chi connectivity index (χ2n) is 5.05. The van der Waals surface area contributed by atoms with Crippen molar-refractivity contribution in [3.63, 3.8) is 0 Å². The van der Waals surface area contributed by atoms with Crippen molar-refractivity contribution >= 4 is 11.8 Å². The Balaban J connectivity index is 2.08. The van der Waals surface area contributed by atoms with Crippen molar-refractivity contribution in [2.24, 2.45) is 0 Å². The molecule has 1 aliphatic rings. The molecular weight excluding hydrogens is 260 g/mol. The van der Waals surface area contributed by atoms with Gasteiger partial charge >= 0.3 is 0 Å². The Hall–Kier alpha value is -0.780. The predicted octanol–water partition coefficient (Wildman–Crippen LogP) is 1.96. The minimum atomic E-state index is -0.0888. The zero-order valence-corrected chi connectivity index (χ0v) is 12.3. The van der Waals surface area contributed by atoms with Crippen LogP contribution in [-0.2, 0) is 13.2 Å². The van der Waals surface area contributed by atoms with E-state index in [1.54, 1.807) is 13.1 Å². The van der Waals surface area contributed by atoms with Crippen molar-refractivity contribution in [2.75, 3.05) is 6.26 Å². The van der Waals surface area contributed by atoms with Crippen LogP contribution in [0, 0.1) is 6.92 Å². The van der Waals surface area contributed by atoms with E-state index >= 15 is 0 Å². The van der Waals surface area contributed by atoms with Gasteiger partial charge in [-0.05, 0) is 26.0 Å². The van der Waals surface area contributed by atoms with Crippen LogP contribution in [-0.4, -0.2) is 32.7 Å². The second-order valence-corrected chi connectivity index (χ2v) is 6.12. The molecule has 0 radical (unpaired) electrons. The van der Waals surface area contributed by atoms with Crippen LogP contribution in [0.15, 0.2) is 6.20 Å². The smallest absolute Gasteiger partial charge is 0.141 e. The molecule has 5 heteroatoms. The van der Waals surface area contributed by atoms with Crippen molar-refractivity contribution in [3.8, 4) is 5.75 Å². The predicted molar refractivity (Wildman–Crippen MR) is 78.3 cm³/mol. The van der Waals surface area contributed by atoms with E-state index in [9.17, 15) is 10.2 Å². The summed E-state index contributed by atoms with van der Waals surface area (Å²) in [5.74, 6) is 0.206. The topological polar surface area (TPSA) is 65.4 Å². The Labute approximate surface area is 118 Å². The number of hydrogen-bond acceptors (Lipinski definition) is 5. The van der Waals surface area contributed by atoms with Gasteiger partial charge in [0.25, 0.3) is 0 Å². The minimum absolute atomic E-state index is 0.0888. The van der Waals surface area contributed by atoms with E-state index < -0.39 is 0 Å². The first-order chi connectivity index (χ1) is 9.17. The first-order valence-electron chi connectivity index (χ1n) is 6.70. The van der Waals surface area contributed by atoms with Crippen LogP contribution in [0.4, 0.5) is 0 Å². The average Bonchev–Trinajstić information content (AvgIpc) is 2.87. The normalized spacial score (nSPS) is 22.9. The summed E-state index contributed by atoms with van der Waals surface area (Å²) >= 11 is 1.91. The van der Waals surface area contributed by atoms with E-state index in [1.807, 2.05) is 11.8 Å². The molecule has 1 aliphatic carbocycles. The minimum Gasteiger partial charge on any atom is -0.506 e. The Morgan fingerprint density at radius 2 is 2.26 bits per heavy atom. The van der Waals surface area contributed by atoms with Crippen LogP contribution in [0.5, 0.6) is 5.75 Å². The molecule has 2 unspecified atom stereocenters. The highest BCUT2D eigenvalue weighted by molar-refractivity contribution is 7.99. The third-order valence-corrected chi connectivity index (χ3v) is 5.07. The number of aryl methyl sites for hydroxylation is 1. The number of nitrogens with one attached hydrogen (secondary N) is 1. The number of aliphatic hydroxyl groups excluding tert-OH is 1. The maximum absolute atomic E-state index is 10.1. The van der Waals surface area contributed by atoms with Crippen molar-refractivity contribution in [2.45, 2.75) is 50.6 Å². The van der Waals surface area contributed by atoms with Gasteiger partial charge in [-0.25, -0.2) is 0 Å². The third kappa shape index (κ3) is 3.22. The summed E-state index contributed by atoms with van der Waals surface area (Å²) in [6.07, 6.45) is 7.50. The molecule has 2 rings (SSSR count). The highest BCUT2D eigenvalue weighted by Gasteiger charge is 2.26. The molecule has 0 aliphatic heterocycles. The summed E-state index contributed by atoms with van der Waals surface area (Å²) in [5, 5.41) is 23.6. The lowest BCUT2D eigenvalue weighted by molar-refractivity contribution is 0.278. The van der Waals surface area contributed by atoms with Gasteiger partial charge in [0.05, 0.1) is 12.3 Å². The third-order valence-electron chi connectivity index (χ3n) is 3.90. The number of aromatic nitrogens is 1. The first-order valence-corrected chi connectivity index (χ1v) is 7.99. The molecule has 0 bridgehead atoms. The standard InChI is InChI=1S/C14H22N2O2S/c1-9-14(18)11(10(8-17)6-15-9)7-16-12-4-3-5-13(12)19-2/h6,12-13,16-18H,3-5,7-8H2,1-2H3. The maximum atomic E-state index is 10.1. The number of hydrogen-bond donors (Lipinski definition) is 3. The molecule has 1 heterocycles. The highest BCUT2D eigenvalue weighted by atomic mass is 32.2. The quantitative estimate of drug-likeness (QED) is 0.770. The lowest BCUT2D eigenvalue weighted by Crippen LogP contribution is -2.33. The number of nitrogens with zero attached hydrogens (tertiary/aromatic N) is 1. The summed E-state index contributed by atoms with van der Waals surface area (Å²) < 4.78 is 0. The molecule has 1 aromatic heterocycles. The number of aliphatic hydroxyl groups is 1. The molecule has 106 valence electrons. The van der Waals surface area contributed by atoms with E-state index in [0.717, 1.165) is 5.56 Å².